The van der Waals surface area contributed by atoms with Gasteiger partial charge in [0.25, 0.3) is 0 Å². The second-order valence-electron chi connectivity index (χ2n) is 0.316. The molecule has 30 valence electrons. The van der Waals surface area contributed by atoms with Gasteiger partial charge in [0.05, 0.1) is 0 Å². The number of rotatable bonds is 1. The highest BCUT2D eigenvalue weighted by Gasteiger charge is 1.09. The summed E-state index contributed by atoms with van der Waals surface area (Å²) in [6, 6.07) is 0. The van der Waals surface area contributed by atoms with Gasteiger partial charge in [0.2, 0.25) is 0 Å². The molecule has 3 nitrogen and oxygen atoms in total. The van der Waals surface area contributed by atoms with Crippen molar-refractivity contribution in [2.24, 2.45) is 0 Å². The molecule has 0 amide bonds. The second kappa shape index (κ2) is 2.66. The fraction of sp³-hybridized carbons (Fsp3) is 0. The molecule has 0 saturated carbocycles. The Bertz CT molecular complexity index is 83.1. The van der Waals surface area contributed by atoms with Crippen LogP contribution in [0.15, 0.2) is 0 Å². The highest BCUT2D eigenvalue weighted by molar-refractivity contribution is 14.2. The van der Waals surface area contributed by atoms with Crippen LogP contribution in [0.25, 0.3) is 13.9 Å². The summed E-state index contributed by atoms with van der Waals surface area (Å²) in [5, 5.41) is 13.6. The normalized spacial score (nSPS) is 7.20. The van der Waals surface area contributed by atoms with E-state index in [0.717, 1.165) is 0 Å². The lowest BCUT2D eigenvalue weighted by atomic mass is 13.9. The minimum Gasteiger partial charge on any atom is -0.798 e. The fourth-order valence-corrected chi connectivity index (χ4v) is 0. The van der Waals surface area contributed by atoms with E-state index >= 15 is 0 Å². The maximum absolute atomic E-state index is 7.78. The number of nitrogens with zero attached hydrogens (tertiary/aromatic N) is 3. The van der Waals surface area contributed by atoms with E-state index in [1.807, 2.05) is 0 Å². The largest absolute Gasteiger partial charge is 0.798 e. The first-order chi connectivity index (χ1) is 2.27. The molecule has 0 bridgehead atoms. The third-order valence-electron chi connectivity index (χ3n) is 0.0676. The molecule has 0 atom stereocenters. The van der Waals surface area contributed by atoms with Crippen molar-refractivity contribution in [2.45, 2.75) is 0 Å². The summed E-state index contributed by atoms with van der Waals surface area (Å²) in [6.07, 6.45) is 0. The molecule has 0 N–H and O–H groups in total. The molecule has 0 heterocycles. The van der Waals surface area contributed by atoms with Gasteiger partial charge in [-0.05, 0) is 0 Å². The molecular weight excluding hydrogens is 200 g/mol. The summed E-state index contributed by atoms with van der Waals surface area (Å²) in [5.41, 5.74) is 0. The molecule has 5 heteroatoms. The van der Waals surface area contributed by atoms with Gasteiger partial charge in [-0.25, -0.2) is 0 Å². The van der Waals surface area contributed by atoms with Gasteiger partial charge in [-0.2, -0.15) is 0 Å². The van der Waals surface area contributed by atoms with Crippen LogP contribution in [0, 0.1) is 0 Å². The monoisotopic (exact) mass is 200 g/mol. The average Bonchev–Trinajstić information content (AvgIpc) is 1.38. The first kappa shape index (κ1) is 5.43. The lowest BCUT2D eigenvalue weighted by Crippen LogP contribution is -0.826. The van der Waals surface area contributed by atoms with Crippen LogP contribution in [0.4, 0.5) is 0 Å². The van der Waals surface area contributed by atoms with Crippen LogP contribution >= 0.6 is 25.6 Å². The third-order valence-corrected chi connectivity index (χ3v) is 1.36. The Balaban J connectivity index is 3.69. The van der Waals surface area contributed by atoms with Crippen molar-refractivity contribution in [1.82, 2.24) is 0 Å². The fourth-order valence-electron chi connectivity index (χ4n) is 0. The Hall–Kier alpha value is 0.430. The Morgan fingerprint density at radius 1 is 1.40 bits per heavy atom. The maximum Gasteiger partial charge on any atom is -0.270 e. The molecule has 0 saturated heterocycles. The van der Waals surface area contributed by atoms with Crippen molar-refractivity contribution < 1.29 is 0 Å². The molecule has 0 aliphatic carbocycles. The molecule has 0 aromatic carbocycles. The molecule has 0 spiro atoms. The van der Waals surface area contributed by atoms with Gasteiger partial charge in [-0.15, -0.1) is 0 Å². The summed E-state index contributed by atoms with van der Waals surface area (Å²) in [5.74, 6) is 0. The topological polar surface area (TPSA) is 66.9 Å². The van der Waals surface area contributed by atoms with E-state index < -0.39 is 25.6 Å². The van der Waals surface area contributed by atoms with Crippen molar-refractivity contribution in [3.63, 3.8) is 0 Å². The zero-order chi connectivity index (χ0) is 4.28. The van der Waals surface area contributed by atoms with E-state index in [1.54, 1.807) is 0 Å². The first-order valence-electron chi connectivity index (χ1n) is 0.738. The van der Waals surface area contributed by atoms with Gasteiger partial charge in [-0.1, -0.05) is 0 Å². The van der Waals surface area contributed by atoms with Gasteiger partial charge in [0.15, 0.2) is 0 Å². The average molecular weight is 200 g/mol. The van der Waals surface area contributed by atoms with Crippen LogP contribution in [0.1, 0.15) is 0 Å². The van der Waals surface area contributed by atoms with E-state index in [2.05, 4.69) is 0 Å². The highest BCUT2D eigenvalue weighted by Crippen LogP contribution is 2.26. The van der Waals surface area contributed by atoms with Crippen LogP contribution in [0.2, 0.25) is 0 Å². The molecule has 0 aromatic rings. The Morgan fingerprint density at radius 3 is 1.60 bits per heavy atom. The zero-order valence-electron chi connectivity index (χ0n) is 2.17. The number of hydrogen-bond donors (Lipinski definition) is 0. The Kier molecular flexibility index (Phi) is 2.88. The van der Waals surface area contributed by atoms with Crippen LogP contribution < -0.4 is 0 Å². The standard InChI is InChI=1S/IN3P/c2-1-5(3)4/q-3. The van der Waals surface area contributed by atoms with E-state index in [4.69, 9.17) is 13.9 Å². The SMILES string of the molecule is [N-]=IP(=[N-])=[N-]. The quantitative estimate of drug-likeness (QED) is 0.461. The summed E-state index contributed by atoms with van der Waals surface area (Å²) < 4.78 is 7.78. The van der Waals surface area contributed by atoms with Crippen molar-refractivity contribution >= 4 is 25.6 Å². The van der Waals surface area contributed by atoms with Crippen LogP contribution in [-0.2, 0) is 0 Å². The zero-order valence-corrected chi connectivity index (χ0v) is 5.22. The predicted octanol–water partition coefficient (Wildman–Crippen LogP) is 2.61. The van der Waals surface area contributed by atoms with Gasteiger partial charge in [0, 0.05) is 0 Å². The summed E-state index contributed by atoms with van der Waals surface area (Å²) in [4.78, 5) is 0. The Morgan fingerprint density at radius 2 is 1.60 bits per heavy atom. The minimum atomic E-state index is -1.93. The molecule has 0 fully saturated rings. The molecule has 0 aliphatic heterocycles. The second-order valence-corrected chi connectivity index (χ2v) is 4.83. The predicted molar refractivity (Wildman–Crippen MR) is 31.0 cm³/mol. The van der Waals surface area contributed by atoms with E-state index in [-0.39, 0.29) is 0 Å². The molecule has 0 radical (unpaired) electrons. The summed E-state index contributed by atoms with van der Waals surface area (Å²) in [6.45, 7) is 0. The molecular formula is IN3P-3. The Labute approximate surface area is 39.9 Å². The molecule has 0 rings (SSSR count). The van der Waals surface area contributed by atoms with Crippen molar-refractivity contribution in [3.05, 3.63) is 13.9 Å². The van der Waals surface area contributed by atoms with Crippen LogP contribution in [0.3, 0.4) is 0 Å². The van der Waals surface area contributed by atoms with Crippen LogP contribution in [-0.4, -0.2) is 0 Å². The van der Waals surface area contributed by atoms with Gasteiger partial charge in [-0.3, -0.25) is 20.5 Å². The van der Waals surface area contributed by atoms with Crippen molar-refractivity contribution in [3.8, 4) is 0 Å². The van der Waals surface area contributed by atoms with E-state index in [9.17, 15) is 0 Å². The van der Waals surface area contributed by atoms with Gasteiger partial charge in [0.1, 0.15) is 0 Å². The molecule has 0 aliphatic rings. The molecule has 0 unspecified atom stereocenters. The summed E-state index contributed by atoms with van der Waals surface area (Å²) >= 11 is -1.28. The lowest BCUT2D eigenvalue weighted by Gasteiger charge is -1.98. The first-order valence-corrected chi connectivity index (χ1v) is 5.74. The maximum atomic E-state index is 7.78. The van der Waals surface area contributed by atoms with Crippen molar-refractivity contribution in [2.75, 3.05) is 0 Å². The highest BCUT2D eigenvalue weighted by atomic mass is 127. The number of halogens is 1. The van der Waals surface area contributed by atoms with E-state index in [0.29, 0.717) is 0 Å². The van der Waals surface area contributed by atoms with Crippen LogP contribution in [0.5, 0.6) is 0 Å². The van der Waals surface area contributed by atoms with E-state index in [1.165, 1.54) is 0 Å². The van der Waals surface area contributed by atoms with Gasteiger partial charge < -0.3 is 19.0 Å². The summed E-state index contributed by atoms with van der Waals surface area (Å²) in [7, 11) is 0. The minimum absolute atomic E-state index is 1.28. The van der Waals surface area contributed by atoms with Gasteiger partial charge >= 0.3 is 0 Å². The third kappa shape index (κ3) is 4.43. The molecule has 5 heavy (non-hydrogen) atoms. The molecule has 0 aromatic heterocycles. The van der Waals surface area contributed by atoms with Crippen molar-refractivity contribution in [1.29, 1.82) is 0 Å². The lowest BCUT2D eigenvalue weighted by molar-refractivity contribution is 3.09. The number of hydrogen-bond acceptors (Lipinski definition) is 0. The smallest absolute Gasteiger partial charge is 0.270 e.